The quantitative estimate of drug-likeness (QED) is 0.0263. The van der Waals surface area contributed by atoms with Crippen LogP contribution < -0.4 is 0 Å². The number of hydrogen-bond acceptors (Lipinski definition) is 6. The van der Waals surface area contributed by atoms with E-state index in [1.54, 1.807) is 0 Å². The summed E-state index contributed by atoms with van der Waals surface area (Å²) in [5.74, 6) is -0.909. The van der Waals surface area contributed by atoms with E-state index in [0.717, 1.165) is 77.0 Å². The molecule has 1 atom stereocenters. The van der Waals surface area contributed by atoms with Crippen molar-refractivity contribution in [2.24, 2.45) is 0 Å². The Hall–Kier alpha value is -2.37. The monoisotopic (exact) mass is 843 g/mol. The van der Waals surface area contributed by atoms with Gasteiger partial charge in [-0.25, -0.2) is 0 Å². The van der Waals surface area contributed by atoms with Crippen LogP contribution in [-0.2, 0) is 28.6 Å². The molecule has 0 fully saturated rings. The molecular weight excluding hydrogens is 745 g/mol. The highest BCUT2D eigenvalue weighted by Gasteiger charge is 2.19. The van der Waals surface area contributed by atoms with E-state index in [4.69, 9.17) is 14.2 Å². The zero-order valence-corrected chi connectivity index (χ0v) is 40.0. The third kappa shape index (κ3) is 46.7. The number of allylic oxidation sites excluding steroid dienone is 6. The molecule has 0 aromatic heterocycles. The summed E-state index contributed by atoms with van der Waals surface area (Å²) in [5, 5.41) is 0. The molecule has 0 bridgehead atoms. The summed E-state index contributed by atoms with van der Waals surface area (Å²) in [6.45, 7) is 6.51. The minimum absolute atomic E-state index is 0.0798. The Labute approximate surface area is 372 Å². The second-order valence-electron chi connectivity index (χ2n) is 17.4. The zero-order chi connectivity index (χ0) is 43.7. The molecule has 0 heterocycles. The van der Waals surface area contributed by atoms with Crippen LogP contribution in [-0.4, -0.2) is 37.2 Å². The first-order valence-electron chi connectivity index (χ1n) is 26.0. The van der Waals surface area contributed by atoms with E-state index in [9.17, 15) is 14.4 Å². The average molecular weight is 843 g/mol. The molecule has 6 heteroatoms. The van der Waals surface area contributed by atoms with Crippen LogP contribution in [0.1, 0.15) is 271 Å². The molecule has 1 unspecified atom stereocenters. The highest BCUT2D eigenvalue weighted by Crippen LogP contribution is 2.16. The molecule has 0 aromatic carbocycles. The standard InChI is InChI=1S/C54H98O6/c1-4-7-10-13-16-19-22-25-26-27-28-30-32-35-38-41-44-47-53(56)59-50-51(49-58-52(55)46-43-40-37-34-31-24-21-18-15-12-9-6-3)60-54(57)48-45-42-39-36-33-29-23-20-17-14-11-8-5-2/h9,12,18,21,31,34,51H,4-8,10-11,13-17,19-20,22-30,32-33,35-50H2,1-3H3/b12-9-,21-18-,34-31-. The molecule has 0 saturated heterocycles. The number of unbranched alkanes of at least 4 members (excludes halogenated alkanes) is 30. The topological polar surface area (TPSA) is 78.9 Å². The summed E-state index contributed by atoms with van der Waals surface area (Å²) in [4.78, 5) is 37.9. The smallest absolute Gasteiger partial charge is 0.306 e. The van der Waals surface area contributed by atoms with Gasteiger partial charge in [-0.15, -0.1) is 0 Å². The maximum Gasteiger partial charge on any atom is 0.306 e. The number of hydrogen-bond donors (Lipinski definition) is 0. The van der Waals surface area contributed by atoms with Gasteiger partial charge >= 0.3 is 17.9 Å². The first kappa shape index (κ1) is 57.6. The van der Waals surface area contributed by atoms with Gasteiger partial charge in [0.15, 0.2) is 6.10 Å². The Kier molecular flexibility index (Phi) is 47.3. The molecule has 0 rings (SSSR count). The van der Waals surface area contributed by atoms with Gasteiger partial charge in [0.2, 0.25) is 0 Å². The summed E-state index contributed by atoms with van der Waals surface area (Å²) in [6, 6.07) is 0. The zero-order valence-electron chi connectivity index (χ0n) is 40.0. The Morgan fingerprint density at radius 2 is 0.650 bits per heavy atom. The van der Waals surface area contributed by atoms with Crippen molar-refractivity contribution >= 4 is 17.9 Å². The van der Waals surface area contributed by atoms with Crippen LogP contribution in [0.15, 0.2) is 36.5 Å². The van der Waals surface area contributed by atoms with Crippen LogP contribution in [0.5, 0.6) is 0 Å². The van der Waals surface area contributed by atoms with E-state index in [2.05, 4.69) is 57.2 Å². The van der Waals surface area contributed by atoms with Crippen molar-refractivity contribution in [2.45, 2.75) is 277 Å². The van der Waals surface area contributed by atoms with Gasteiger partial charge in [0.1, 0.15) is 13.2 Å². The Bertz CT molecular complexity index is 1020. The lowest BCUT2D eigenvalue weighted by Crippen LogP contribution is -2.30. The Morgan fingerprint density at radius 3 is 1.02 bits per heavy atom. The number of ether oxygens (including phenoxy) is 3. The summed E-state index contributed by atoms with van der Waals surface area (Å²) >= 11 is 0. The van der Waals surface area contributed by atoms with Crippen molar-refractivity contribution in [2.75, 3.05) is 13.2 Å². The summed E-state index contributed by atoms with van der Waals surface area (Å²) in [5.41, 5.74) is 0. The molecule has 350 valence electrons. The van der Waals surface area contributed by atoms with Crippen LogP contribution >= 0.6 is 0 Å². The predicted octanol–water partition coefficient (Wildman–Crippen LogP) is 16.9. The third-order valence-corrected chi connectivity index (χ3v) is 11.4. The molecule has 6 nitrogen and oxygen atoms in total. The Balaban J connectivity index is 4.34. The van der Waals surface area contributed by atoms with Crippen molar-refractivity contribution in [3.8, 4) is 0 Å². The number of carbonyl (C=O) groups excluding carboxylic acids is 3. The minimum Gasteiger partial charge on any atom is -0.462 e. The third-order valence-electron chi connectivity index (χ3n) is 11.4. The van der Waals surface area contributed by atoms with Gasteiger partial charge < -0.3 is 14.2 Å². The SMILES string of the molecule is CC/C=C\C/C=C\C/C=C\CCCCC(=O)OCC(COC(=O)CCCCCCCCCCCCCCCCCCC)OC(=O)CCCCCCCCCCCCCCC. The summed E-state index contributed by atoms with van der Waals surface area (Å²) < 4.78 is 16.8. The lowest BCUT2D eigenvalue weighted by atomic mass is 10.0. The molecule has 0 aliphatic rings. The van der Waals surface area contributed by atoms with E-state index >= 15 is 0 Å². The van der Waals surface area contributed by atoms with Gasteiger partial charge in [0.05, 0.1) is 0 Å². The maximum absolute atomic E-state index is 12.8. The van der Waals surface area contributed by atoms with E-state index in [1.807, 2.05) is 0 Å². The van der Waals surface area contributed by atoms with Gasteiger partial charge in [0, 0.05) is 19.3 Å². The summed E-state index contributed by atoms with van der Waals surface area (Å²) in [7, 11) is 0. The van der Waals surface area contributed by atoms with Crippen molar-refractivity contribution < 1.29 is 28.6 Å². The molecule has 0 N–H and O–H groups in total. The van der Waals surface area contributed by atoms with Gasteiger partial charge in [0.25, 0.3) is 0 Å². The van der Waals surface area contributed by atoms with E-state index in [-0.39, 0.29) is 31.1 Å². The molecule has 0 aromatic rings. The van der Waals surface area contributed by atoms with Gasteiger partial charge in [-0.05, 0) is 51.4 Å². The fourth-order valence-electron chi connectivity index (χ4n) is 7.52. The maximum atomic E-state index is 12.8. The van der Waals surface area contributed by atoms with Gasteiger partial charge in [-0.3, -0.25) is 14.4 Å². The molecule has 0 aliphatic heterocycles. The van der Waals surface area contributed by atoms with Crippen LogP contribution in [0.3, 0.4) is 0 Å². The van der Waals surface area contributed by atoms with Crippen molar-refractivity contribution in [1.29, 1.82) is 0 Å². The highest BCUT2D eigenvalue weighted by atomic mass is 16.6. The van der Waals surface area contributed by atoms with Crippen molar-refractivity contribution in [3.63, 3.8) is 0 Å². The number of carbonyl (C=O) groups is 3. The van der Waals surface area contributed by atoms with Crippen LogP contribution in [0, 0.1) is 0 Å². The van der Waals surface area contributed by atoms with Gasteiger partial charge in [-0.1, -0.05) is 237 Å². The van der Waals surface area contributed by atoms with E-state index in [0.29, 0.717) is 19.3 Å². The second kappa shape index (κ2) is 49.3. The minimum atomic E-state index is -0.781. The molecule has 0 radical (unpaired) electrons. The fourth-order valence-corrected chi connectivity index (χ4v) is 7.52. The van der Waals surface area contributed by atoms with Crippen LogP contribution in [0.2, 0.25) is 0 Å². The molecular formula is C54H98O6. The molecule has 60 heavy (non-hydrogen) atoms. The molecule has 0 amide bonds. The first-order valence-corrected chi connectivity index (χ1v) is 26.0. The molecule has 0 spiro atoms. The number of rotatable bonds is 47. The van der Waals surface area contributed by atoms with Crippen LogP contribution in [0.25, 0.3) is 0 Å². The van der Waals surface area contributed by atoms with Gasteiger partial charge in [-0.2, -0.15) is 0 Å². The Morgan fingerprint density at radius 1 is 0.350 bits per heavy atom. The van der Waals surface area contributed by atoms with Crippen molar-refractivity contribution in [1.82, 2.24) is 0 Å². The predicted molar refractivity (Wildman–Crippen MR) is 256 cm³/mol. The lowest BCUT2D eigenvalue weighted by Gasteiger charge is -2.18. The average Bonchev–Trinajstić information content (AvgIpc) is 3.24. The van der Waals surface area contributed by atoms with E-state index in [1.165, 1.54) is 154 Å². The second-order valence-corrected chi connectivity index (χ2v) is 17.4. The van der Waals surface area contributed by atoms with Crippen LogP contribution in [0.4, 0.5) is 0 Å². The largest absolute Gasteiger partial charge is 0.462 e. The lowest BCUT2D eigenvalue weighted by molar-refractivity contribution is -0.167. The summed E-state index contributed by atoms with van der Waals surface area (Å²) in [6.07, 6.45) is 57.1. The fraction of sp³-hybridized carbons (Fsp3) is 0.833. The normalized spacial score (nSPS) is 12.2. The highest BCUT2D eigenvalue weighted by molar-refractivity contribution is 5.71. The van der Waals surface area contributed by atoms with Crippen molar-refractivity contribution in [3.05, 3.63) is 36.5 Å². The first-order chi connectivity index (χ1) is 29.5. The molecule has 0 aliphatic carbocycles. The van der Waals surface area contributed by atoms with E-state index < -0.39 is 6.10 Å². The number of esters is 3. The molecule has 0 saturated carbocycles.